The summed E-state index contributed by atoms with van der Waals surface area (Å²) in [5, 5.41) is 9.88. The lowest BCUT2D eigenvalue weighted by atomic mass is 10.2. The van der Waals surface area contributed by atoms with Crippen LogP contribution in [0.5, 0.6) is 11.5 Å². The third-order valence-corrected chi connectivity index (χ3v) is 4.59. The molecule has 7 nitrogen and oxygen atoms in total. The maximum absolute atomic E-state index is 13.4. The molecule has 0 saturated carbocycles. The summed E-state index contributed by atoms with van der Waals surface area (Å²) in [6.07, 6.45) is 0.606. The number of fused-ring (bicyclic) bond motifs is 1. The molecule has 0 amide bonds. The van der Waals surface area contributed by atoms with Crippen LogP contribution in [-0.2, 0) is 13.5 Å². The van der Waals surface area contributed by atoms with Crippen LogP contribution in [0.15, 0.2) is 35.1 Å². The molecule has 0 radical (unpaired) electrons. The Kier molecular flexibility index (Phi) is 4.94. The molecule has 0 aliphatic heterocycles. The summed E-state index contributed by atoms with van der Waals surface area (Å²) in [4.78, 5) is 25.1. The Hall–Kier alpha value is -3.22. The van der Waals surface area contributed by atoms with E-state index in [9.17, 15) is 14.7 Å². The average Bonchev–Trinajstić information content (AvgIpc) is 2.94. The standard InChI is InChI=1S/C20H22N2O5/c1-5-12-11-15-16(18(27-6-2)17(20(24)25)21(15)3)19(23)22(12)13-7-9-14(26-4)10-8-13/h7-11H,5-6H2,1-4H3,(H,24,25). The van der Waals surface area contributed by atoms with E-state index in [1.54, 1.807) is 49.9 Å². The van der Waals surface area contributed by atoms with E-state index in [4.69, 9.17) is 9.47 Å². The highest BCUT2D eigenvalue weighted by Gasteiger charge is 2.26. The summed E-state index contributed by atoms with van der Waals surface area (Å²) >= 11 is 0. The summed E-state index contributed by atoms with van der Waals surface area (Å²) < 4.78 is 13.9. The van der Waals surface area contributed by atoms with Crippen molar-refractivity contribution in [2.45, 2.75) is 20.3 Å². The van der Waals surface area contributed by atoms with E-state index in [-0.39, 0.29) is 29.0 Å². The number of carboxylic acid groups (broad SMARTS) is 1. The minimum atomic E-state index is -1.13. The average molecular weight is 370 g/mol. The predicted molar refractivity (Wildman–Crippen MR) is 103 cm³/mol. The Morgan fingerprint density at radius 1 is 1.19 bits per heavy atom. The van der Waals surface area contributed by atoms with Crippen molar-refractivity contribution in [3.8, 4) is 17.2 Å². The molecular weight excluding hydrogens is 348 g/mol. The molecule has 0 unspecified atom stereocenters. The van der Waals surface area contributed by atoms with Gasteiger partial charge in [0.2, 0.25) is 0 Å². The quantitative estimate of drug-likeness (QED) is 0.721. The normalized spacial score (nSPS) is 11.0. The summed E-state index contributed by atoms with van der Waals surface area (Å²) in [7, 11) is 3.21. The first-order chi connectivity index (χ1) is 12.9. The van der Waals surface area contributed by atoms with E-state index in [2.05, 4.69) is 0 Å². The predicted octanol–water partition coefficient (Wildman–Crippen LogP) is 3.00. The van der Waals surface area contributed by atoms with Crippen molar-refractivity contribution >= 4 is 16.9 Å². The number of aryl methyl sites for hydroxylation is 2. The number of methoxy groups -OCH3 is 1. The van der Waals surface area contributed by atoms with Gasteiger partial charge in [-0.2, -0.15) is 0 Å². The number of hydrogen-bond acceptors (Lipinski definition) is 4. The van der Waals surface area contributed by atoms with Gasteiger partial charge in [0.25, 0.3) is 5.56 Å². The van der Waals surface area contributed by atoms with Gasteiger partial charge in [-0.25, -0.2) is 4.79 Å². The zero-order chi connectivity index (χ0) is 19.7. The molecule has 0 spiro atoms. The third-order valence-electron chi connectivity index (χ3n) is 4.59. The van der Waals surface area contributed by atoms with E-state index in [0.29, 0.717) is 23.4 Å². The number of ether oxygens (including phenoxy) is 2. The number of benzene rings is 1. The smallest absolute Gasteiger partial charge is 0.356 e. The Morgan fingerprint density at radius 3 is 2.37 bits per heavy atom. The van der Waals surface area contributed by atoms with Crippen LogP contribution in [0.3, 0.4) is 0 Å². The second kappa shape index (κ2) is 7.19. The second-order valence-corrected chi connectivity index (χ2v) is 6.06. The lowest BCUT2D eigenvalue weighted by Crippen LogP contribution is -2.22. The molecule has 0 aliphatic rings. The first kappa shape index (κ1) is 18.6. The lowest BCUT2D eigenvalue weighted by molar-refractivity contribution is 0.0682. The fourth-order valence-electron chi connectivity index (χ4n) is 3.32. The topological polar surface area (TPSA) is 82.7 Å². The number of aromatic nitrogens is 2. The van der Waals surface area contributed by atoms with Crippen molar-refractivity contribution in [2.75, 3.05) is 13.7 Å². The van der Waals surface area contributed by atoms with Gasteiger partial charge in [-0.05, 0) is 43.7 Å². The van der Waals surface area contributed by atoms with Gasteiger partial charge in [-0.1, -0.05) is 6.92 Å². The number of aromatic carboxylic acids is 1. The number of nitrogens with zero attached hydrogens (tertiary/aromatic N) is 2. The van der Waals surface area contributed by atoms with Crippen LogP contribution >= 0.6 is 0 Å². The first-order valence-corrected chi connectivity index (χ1v) is 8.72. The van der Waals surface area contributed by atoms with Crippen molar-refractivity contribution in [1.82, 2.24) is 9.13 Å². The molecule has 3 rings (SSSR count). The zero-order valence-corrected chi connectivity index (χ0v) is 15.8. The van der Waals surface area contributed by atoms with Crippen LogP contribution in [-0.4, -0.2) is 33.9 Å². The highest BCUT2D eigenvalue weighted by Crippen LogP contribution is 2.32. The number of carboxylic acids is 1. The van der Waals surface area contributed by atoms with Crippen LogP contribution in [0.2, 0.25) is 0 Å². The molecule has 1 N–H and O–H groups in total. The van der Waals surface area contributed by atoms with E-state index in [1.807, 2.05) is 13.0 Å². The van der Waals surface area contributed by atoms with Crippen LogP contribution in [0.1, 0.15) is 30.0 Å². The highest BCUT2D eigenvalue weighted by molar-refractivity contribution is 6.00. The van der Waals surface area contributed by atoms with Crippen molar-refractivity contribution in [1.29, 1.82) is 0 Å². The molecule has 2 aromatic heterocycles. The SMILES string of the molecule is CCOc1c(C(=O)O)n(C)c2cc(CC)n(-c3ccc(OC)cc3)c(=O)c12. The van der Waals surface area contributed by atoms with E-state index in [0.717, 1.165) is 5.69 Å². The van der Waals surface area contributed by atoms with Crippen molar-refractivity contribution in [3.05, 3.63) is 52.1 Å². The molecule has 0 aliphatic carbocycles. The third kappa shape index (κ3) is 2.95. The number of carbonyl (C=O) groups is 1. The Balaban J connectivity index is 2.41. The fraction of sp³-hybridized carbons (Fsp3) is 0.300. The number of rotatable bonds is 6. The van der Waals surface area contributed by atoms with Crippen LogP contribution in [0.25, 0.3) is 16.6 Å². The molecule has 2 heterocycles. The highest BCUT2D eigenvalue weighted by atomic mass is 16.5. The zero-order valence-electron chi connectivity index (χ0n) is 15.8. The molecule has 0 fully saturated rings. The van der Waals surface area contributed by atoms with Gasteiger partial charge in [0.1, 0.15) is 11.1 Å². The molecule has 142 valence electrons. The van der Waals surface area contributed by atoms with Gasteiger partial charge < -0.3 is 19.1 Å². The summed E-state index contributed by atoms with van der Waals surface area (Å²) in [5.74, 6) is -0.336. The van der Waals surface area contributed by atoms with Gasteiger partial charge in [0, 0.05) is 18.4 Å². The van der Waals surface area contributed by atoms with Gasteiger partial charge in [0.05, 0.1) is 19.2 Å². The van der Waals surface area contributed by atoms with Crippen molar-refractivity contribution in [3.63, 3.8) is 0 Å². The van der Waals surface area contributed by atoms with Gasteiger partial charge in [0.15, 0.2) is 11.4 Å². The largest absolute Gasteiger partial charge is 0.497 e. The fourth-order valence-corrected chi connectivity index (χ4v) is 3.32. The van der Waals surface area contributed by atoms with Gasteiger partial charge in [-0.15, -0.1) is 0 Å². The Bertz CT molecular complexity index is 1060. The molecule has 3 aromatic rings. The van der Waals surface area contributed by atoms with Gasteiger partial charge in [-0.3, -0.25) is 9.36 Å². The van der Waals surface area contributed by atoms with Gasteiger partial charge >= 0.3 is 5.97 Å². The van der Waals surface area contributed by atoms with Crippen LogP contribution in [0.4, 0.5) is 0 Å². The summed E-state index contributed by atoms with van der Waals surface area (Å²) in [5.41, 5.74) is 1.67. The maximum atomic E-state index is 13.4. The molecule has 27 heavy (non-hydrogen) atoms. The van der Waals surface area contributed by atoms with E-state index in [1.165, 1.54) is 4.57 Å². The monoisotopic (exact) mass is 370 g/mol. The minimum Gasteiger partial charge on any atom is -0.497 e. The molecule has 0 bridgehead atoms. The Morgan fingerprint density at radius 2 is 1.85 bits per heavy atom. The van der Waals surface area contributed by atoms with Crippen LogP contribution < -0.4 is 15.0 Å². The van der Waals surface area contributed by atoms with Crippen molar-refractivity contribution < 1.29 is 19.4 Å². The maximum Gasteiger partial charge on any atom is 0.356 e. The van der Waals surface area contributed by atoms with E-state index < -0.39 is 5.97 Å². The first-order valence-electron chi connectivity index (χ1n) is 8.72. The van der Waals surface area contributed by atoms with Crippen molar-refractivity contribution in [2.24, 2.45) is 7.05 Å². The molecule has 7 heteroatoms. The number of hydrogen-bond donors (Lipinski definition) is 1. The summed E-state index contributed by atoms with van der Waals surface area (Å²) in [6, 6.07) is 9.00. The lowest BCUT2D eigenvalue weighted by Gasteiger charge is -2.13. The number of pyridine rings is 1. The van der Waals surface area contributed by atoms with E-state index >= 15 is 0 Å². The molecule has 0 atom stereocenters. The Labute approximate surface area is 156 Å². The summed E-state index contributed by atoms with van der Waals surface area (Å²) in [6.45, 7) is 3.97. The molecular formula is C20H22N2O5. The molecule has 1 aromatic carbocycles. The minimum absolute atomic E-state index is 0.0292. The second-order valence-electron chi connectivity index (χ2n) is 6.06. The van der Waals surface area contributed by atoms with Crippen LogP contribution in [0, 0.1) is 0 Å². The molecule has 0 saturated heterocycles.